The standard InChI is InChI=1S/C19H24N2O5/c22-17-8-5-13-11-15(6-7-16(13)20-17)26-10-2-4-18(23)21-9-1-3-14(21)12-19(24)25/h6-7,11,14H,1-5,8-10,12H2,(H,20,22)(H,24,25). The van der Waals surface area contributed by atoms with Gasteiger partial charge in [0.05, 0.1) is 13.0 Å². The van der Waals surface area contributed by atoms with Crippen LogP contribution in [0.25, 0.3) is 0 Å². The molecule has 0 spiro atoms. The van der Waals surface area contributed by atoms with E-state index in [1.165, 1.54) is 0 Å². The molecule has 2 N–H and O–H groups in total. The molecule has 0 bridgehead atoms. The Morgan fingerprint density at radius 1 is 1.31 bits per heavy atom. The summed E-state index contributed by atoms with van der Waals surface area (Å²) in [7, 11) is 0. The minimum absolute atomic E-state index is 0.00510. The fraction of sp³-hybridized carbons (Fsp3) is 0.526. The summed E-state index contributed by atoms with van der Waals surface area (Å²) >= 11 is 0. The van der Waals surface area contributed by atoms with E-state index in [1.807, 2.05) is 18.2 Å². The highest BCUT2D eigenvalue weighted by Gasteiger charge is 2.29. The van der Waals surface area contributed by atoms with Crippen molar-refractivity contribution < 1.29 is 24.2 Å². The predicted molar refractivity (Wildman–Crippen MR) is 95.1 cm³/mol. The number of nitrogens with zero attached hydrogens (tertiary/aromatic N) is 1. The second-order valence-corrected chi connectivity index (χ2v) is 6.80. The summed E-state index contributed by atoms with van der Waals surface area (Å²) in [6, 6.07) is 5.42. The van der Waals surface area contributed by atoms with Gasteiger partial charge in [-0.05, 0) is 49.4 Å². The fourth-order valence-electron chi connectivity index (χ4n) is 3.58. The number of hydrogen-bond donors (Lipinski definition) is 2. The SMILES string of the molecule is O=C(O)CC1CCCN1C(=O)CCCOc1ccc2c(c1)CCC(=O)N2. The maximum absolute atomic E-state index is 12.3. The highest BCUT2D eigenvalue weighted by Crippen LogP contribution is 2.27. The Kier molecular flexibility index (Phi) is 5.75. The smallest absolute Gasteiger partial charge is 0.305 e. The van der Waals surface area contributed by atoms with Gasteiger partial charge in [-0.3, -0.25) is 14.4 Å². The molecule has 1 aromatic rings. The number of amides is 2. The van der Waals surface area contributed by atoms with E-state index in [1.54, 1.807) is 4.90 Å². The predicted octanol–water partition coefficient (Wildman–Crippen LogP) is 2.20. The average Bonchev–Trinajstić information content (AvgIpc) is 3.06. The van der Waals surface area contributed by atoms with Crippen molar-refractivity contribution in [1.82, 2.24) is 4.90 Å². The Balaban J connectivity index is 1.43. The summed E-state index contributed by atoms with van der Waals surface area (Å²) < 4.78 is 5.73. The Bertz CT molecular complexity index is 703. The molecule has 7 nitrogen and oxygen atoms in total. The molecule has 2 amide bonds. The van der Waals surface area contributed by atoms with Gasteiger partial charge >= 0.3 is 5.97 Å². The first-order valence-corrected chi connectivity index (χ1v) is 9.10. The zero-order chi connectivity index (χ0) is 18.5. The summed E-state index contributed by atoms with van der Waals surface area (Å²) in [6.07, 6.45) is 3.79. The highest BCUT2D eigenvalue weighted by molar-refractivity contribution is 5.94. The second-order valence-electron chi connectivity index (χ2n) is 6.80. The average molecular weight is 360 g/mol. The third-order valence-corrected chi connectivity index (χ3v) is 4.88. The minimum Gasteiger partial charge on any atom is -0.494 e. The molecule has 2 aliphatic heterocycles. The maximum atomic E-state index is 12.3. The van der Waals surface area contributed by atoms with Gasteiger partial charge < -0.3 is 20.1 Å². The highest BCUT2D eigenvalue weighted by atomic mass is 16.5. The van der Waals surface area contributed by atoms with E-state index in [-0.39, 0.29) is 24.3 Å². The molecule has 0 aromatic heterocycles. The van der Waals surface area contributed by atoms with Crippen LogP contribution in [0.2, 0.25) is 0 Å². The molecule has 2 aliphatic rings. The number of likely N-dealkylation sites (tertiary alicyclic amines) is 1. The molecular weight excluding hydrogens is 336 g/mol. The molecule has 2 heterocycles. The van der Waals surface area contributed by atoms with Gasteiger partial charge in [0.15, 0.2) is 0 Å². The van der Waals surface area contributed by atoms with E-state index in [9.17, 15) is 14.4 Å². The van der Waals surface area contributed by atoms with Crippen molar-refractivity contribution in [1.29, 1.82) is 0 Å². The summed E-state index contributed by atoms with van der Waals surface area (Å²) in [5.41, 5.74) is 1.90. The van der Waals surface area contributed by atoms with Gasteiger partial charge in [0.1, 0.15) is 5.75 Å². The molecule has 1 fully saturated rings. The van der Waals surface area contributed by atoms with Gasteiger partial charge in [0.25, 0.3) is 0 Å². The van der Waals surface area contributed by atoms with E-state index in [2.05, 4.69) is 5.32 Å². The van der Waals surface area contributed by atoms with Crippen LogP contribution in [0, 0.1) is 0 Å². The lowest BCUT2D eigenvalue weighted by molar-refractivity contribution is -0.140. The topological polar surface area (TPSA) is 95.9 Å². The van der Waals surface area contributed by atoms with Crippen molar-refractivity contribution in [2.24, 2.45) is 0 Å². The van der Waals surface area contributed by atoms with Crippen molar-refractivity contribution in [3.05, 3.63) is 23.8 Å². The lowest BCUT2D eigenvalue weighted by Crippen LogP contribution is -2.36. The van der Waals surface area contributed by atoms with E-state index in [0.29, 0.717) is 38.8 Å². The molecule has 1 saturated heterocycles. The van der Waals surface area contributed by atoms with Crippen LogP contribution in [0.5, 0.6) is 5.75 Å². The van der Waals surface area contributed by atoms with Crippen LogP contribution in [-0.4, -0.2) is 47.0 Å². The molecule has 26 heavy (non-hydrogen) atoms. The van der Waals surface area contributed by atoms with Crippen LogP contribution in [0.3, 0.4) is 0 Å². The molecule has 1 unspecified atom stereocenters. The Morgan fingerprint density at radius 3 is 2.96 bits per heavy atom. The van der Waals surface area contributed by atoms with E-state index in [4.69, 9.17) is 9.84 Å². The van der Waals surface area contributed by atoms with Crippen molar-refractivity contribution >= 4 is 23.5 Å². The first-order valence-electron chi connectivity index (χ1n) is 9.10. The molecule has 1 atom stereocenters. The van der Waals surface area contributed by atoms with Crippen molar-refractivity contribution in [2.45, 2.75) is 51.0 Å². The number of nitrogens with one attached hydrogen (secondary N) is 1. The number of ether oxygens (including phenoxy) is 1. The first kappa shape index (κ1) is 18.2. The molecule has 0 aliphatic carbocycles. The summed E-state index contributed by atoms with van der Waals surface area (Å²) in [5.74, 6) is -0.0859. The number of carbonyl (C=O) groups is 3. The minimum atomic E-state index is -0.860. The molecule has 0 saturated carbocycles. The van der Waals surface area contributed by atoms with Crippen LogP contribution in [-0.2, 0) is 20.8 Å². The molecule has 1 aromatic carbocycles. The maximum Gasteiger partial charge on any atom is 0.305 e. The summed E-state index contributed by atoms with van der Waals surface area (Å²) in [6.45, 7) is 1.07. The van der Waals surface area contributed by atoms with Gasteiger partial charge in [-0.25, -0.2) is 0 Å². The zero-order valence-electron chi connectivity index (χ0n) is 14.7. The Hall–Kier alpha value is -2.57. The quantitative estimate of drug-likeness (QED) is 0.727. The number of benzene rings is 1. The summed E-state index contributed by atoms with van der Waals surface area (Å²) in [4.78, 5) is 36.3. The lowest BCUT2D eigenvalue weighted by Gasteiger charge is -2.23. The van der Waals surface area contributed by atoms with E-state index < -0.39 is 5.97 Å². The van der Waals surface area contributed by atoms with Crippen LogP contribution < -0.4 is 10.1 Å². The normalized spacial score (nSPS) is 19.0. The monoisotopic (exact) mass is 360 g/mol. The van der Waals surface area contributed by atoms with Gasteiger partial charge in [-0.2, -0.15) is 0 Å². The largest absolute Gasteiger partial charge is 0.494 e. The first-order chi connectivity index (χ1) is 12.5. The van der Waals surface area contributed by atoms with Crippen LogP contribution in [0.15, 0.2) is 18.2 Å². The van der Waals surface area contributed by atoms with Crippen LogP contribution in [0.1, 0.15) is 44.1 Å². The van der Waals surface area contributed by atoms with Gasteiger partial charge in [0.2, 0.25) is 11.8 Å². The van der Waals surface area contributed by atoms with Gasteiger partial charge in [0, 0.05) is 31.1 Å². The fourth-order valence-corrected chi connectivity index (χ4v) is 3.58. The molecular formula is C19H24N2O5. The third kappa shape index (κ3) is 4.53. The number of anilines is 1. The number of fused-ring (bicyclic) bond motifs is 1. The van der Waals surface area contributed by atoms with Gasteiger partial charge in [-0.1, -0.05) is 0 Å². The number of carbonyl (C=O) groups excluding carboxylic acids is 2. The number of aryl methyl sites for hydroxylation is 1. The number of carboxylic acid groups (broad SMARTS) is 1. The van der Waals surface area contributed by atoms with Crippen LogP contribution >= 0.6 is 0 Å². The third-order valence-electron chi connectivity index (χ3n) is 4.88. The molecule has 3 rings (SSSR count). The molecule has 140 valence electrons. The summed E-state index contributed by atoms with van der Waals surface area (Å²) in [5, 5.41) is 11.8. The Labute approximate surface area is 152 Å². The number of rotatable bonds is 7. The number of aliphatic carboxylic acids is 1. The van der Waals surface area contributed by atoms with Crippen molar-refractivity contribution in [2.75, 3.05) is 18.5 Å². The van der Waals surface area contributed by atoms with E-state index in [0.717, 1.165) is 29.8 Å². The van der Waals surface area contributed by atoms with Crippen LogP contribution in [0.4, 0.5) is 5.69 Å². The number of carboxylic acids is 1. The molecule has 0 radical (unpaired) electrons. The van der Waals surface area contributed by atoms with Crippen molar-refractivity contribution in [3.8, 4) is 5.75 Å². The van der Waals surface area contributed by atoms with Gasteiger partial charge in [-0.15, -0.1) is 0 Å². The van der Waals surface area contributed by atoms with E-state index >= 15 is 0 Å². The van der Waals surface area contributed by atoms with Crippen molar-refractivity contribution in [3.63, 3.8) is 0 Å². The Morgan fingerprint density at radius 2 is 2.15 bits per heavy atom. The molecule has 7 heteroatoms. The lowest BCUT2D eigenvalue weighted by atomic mass is 10.0. The zero-order valence-corrected chi connectivity index (χ0v) is 14.7. The number of hydrogen-bond acceptors (Lipinski definition) is 4. The second kappa shape index (κ2) is 8.21.